The zero-order chi connectivity index (χ0) is 12.6. The van der Waals surface area contributed by atoms with E-state index < -0.39 is 0 Å². The van der Waals surface area contributed by atoms with Crippen LogP contribution in [0.1, 0.15) is 38.3 Å². The smallest absolute Gasteiger partial charge is 0.0473 e. The minimum atomic E-state index is 0.349. The first-order valence-corrected chi connectivity index (χ1v) is 7.27. The summed E-state index contributed by atoms with van der Waals surface area (Å²) >= 11 is 0. The molecule has 0 aromatic heterocycles. The minimum absolute atomic E-state index is 0.349. The monoisotopic (exact) mass is 244 g/mol. The standard InChI is InChI=1S/C16H24N2/c1-3-18-12-16(2,14-9-10-14)17-11-15(18)13-7-5-4-6-8-13/h4-8,14-15,17H,3,9-12H2,1-2H3. The zero-order valence-corrected chi connectivity index (χ0v) is 11.5. The van der Waals surface area contributed by atoms with E-state index in [1.54, 1.807) is 0 Å². The molecule has 1 aliphatic carbocycles. The van der Waals surface area contributed by atoms with Crippen LogP contribution in [0.2, 0.25) is 0 Å². The number of piperazine rings is 1. The van der Waals surface area contributed by atoms with E-state index in [0.29, 0.717) is 11.6 Å². The average molecular weight is 244 g/mol. The Balaban J connectivity index is 1.77. The van der Waals surface area contributed by atoms with E-state index in [-0.39, 0.29) is 0 Å². The van der Waals surface area contributed by atoms with Crippen LogP contribution >= 0.6 is 0 Å². The van der Waals surface area contributed by atoms with E-state index in [0.717, 1.165) is 19.0 Å². The highest BCUT2D eigenvalue weighted by Gasteiger charge is 2.45. The van der Waals surface area contributed by atoms with Crippen LogP contribution in [-0.4, -0.2) is 30.1 Å². The molecule has 0 radical (unpaired) electrons. The van der Waals surface area contributed by atoms with Gasteiger partial charge in [-0.05, 0) is 37.8 Å². The summed E-state index contributed by atoms with van der Waals surface area (Å²) in [4.78, 5) is 2.64. The van der Waals surface area contributed by atoms with Gasteiger partial charge in [0.1, 0.15) is 0 Å². The van der Waals surface area contributed by atoms with Crippen molar-refractivity contribution in [3.05, 3.63) is 35.9 Å². The maximum absolute atomic E-state index is 3.83. The minimum Gasteiger partial charge on any atom is -0.308 e. The number of hydrogen-bond acceptors (Lipinski definition) is 2. The van der Waals surface area contributed by atoms with Crippen LogP contribution in [0, 0.1) is 5.92 Å². The second kappa shape index (κ2) is 4.67. The molecule has 2 aliphatic rings. The Labute approximate surface area is 110 Å². The lowest BCUT2D eigenvalue weighted by atomic mass is 9.89. The van der Waals surface area contributed by atoms with Gasteiger partial charge in [-0.2, -0.15) is 0 Å². The molecule has 1 saturated heterocycles. The molecule has 18 heavy (non-hydrogen) atoms. The fraction of sp³-hybridized carbons (Fsp3) is 0.625. The molecule has 2 fully saturated rings. The lowest BCUT2D eigenvalue weighted by molar-refractivity contribution is 0.0796. The van der Waals surface area contributed by atoms with Crippen LogP contribution < -0.4 is 5.32 Å². The van der Waals surface area contributed by atoms with Crippen LogP contribution in [0.25, 0.3) is 0 Å². The topological polar surface area (TPSA) is 15.3 Å². The van der Waals surface area contributed by atoms with Crippen LogP contribution in [0.4, 0.5) is 0 Å². The highest BCUT2D eigenvalue weighted by molar-refractivity contribution is 5.21. The van der Waals surface area contributed by atoms with Crippen molar-refractivity contribution in [2.75, 3.05) is 19.6 Å². The summed E-state index contributed by atoms with van der Waals surface area (Å²) in [5.41, 5.74) is 1.80. The molecule has 2 unspecified atom stereocenters. The molecule has 3 rings (SSSR count). The fourth-order valence-electron chi connectivity index (χ4n) is 3.38. The molecule has 1 aromatic carbocycles. The number of nitrogens with zero attached hydrogens (tertiary/aromatic N) is 1. The van der Waals surface area contributed by atoms with Crippen molar-refractivity contribution in [1.29, 1.82) is 0 Å². The number of likely N-dealkylation sites (N-methyl/N-ethyl adjacent to an activating group) is 1. The van der Waals surface area contributed by atoms with E-state index in [9.17, 15) is 0 Å². The van der Waals surface area contributed by atoms with Crippen molar-refractivity contribution in [3.8, 4) is 0 Å². The highest BCUT2D eigenvalue weighted by Crippen LogP contribution is 2.42. The Morgan fingerprint density at radius 1 is 1.28 bits per heavy atom. The van der Waals surface area contributed by atoms with Crippen LogP contribution in [0.15, 0.2) is 30.3 Å². The second-order valence-electron chi connectivity index (χ2n) is 6.06. The molecule has 2 atom stereocenters. The summed E-state index contributed by atoms with van der Waals surface area (Å²) in [6, 6.07) is 11.5. The number of benzene rings is 1. The average Bonchev–Trinajstić information content (AvgIpc) is 3.24. The number of hydrogen-bond donors (Lipinski definition) is 1. The molecule has 0 amide bonds. The fourth-order valence-corrected chi connectivity index (χ4v) is 3.38. The van der Waals surface area contributed by atoms with Crippen molar-refractivity contribution >= 4 is 0 Å². The van der Waals surface area contributed by atoms with Gasteiger partial charge >= 0.3 is 0 Å². The Kier molecular flexibility index (Phi) is 3.16. The summed E-state index contributed by atoms with van der Waals surface area (Å²) < 4.78 is 0. The highest BCUT2D eigenvalue weighted by atomic mass is 15.3. The van der Waals surface area contributed by atoms with Crippen LogP contribution in [-0.2, 0) is 0 Å². The first-order chi connectivity index (χ1) is 8.73. The molecular formula is C16H24N2. The normalized spacial score (nSPS) is 33.6. The summed E-state index contributed by atoms with van der Waals surface area (Å²) in [7, 11) is 0. The first-order valence-electron chi connectivity index (χ1n) is 7.27. The molecule has 1 aliphatic heterocycles. The van der Waals surface area contributed by atoms with Gasteiger partial charge in [0.25, 0.3) is 0 Å². The van der Waals surface area contributed by atoms with Crippen molar-refractivity contribution in [3.63, 3.8) is 0 Å². The van der Waals surface area contributed by atoms with Gasteiger partial charge in [-0.25, -0.2) is 0 Å². The van der Waals surface area contributed by atoms with Crippen molar-refractivity contribution in [1.82, 2.24) is 10.2 Å². The van der Waals surface area contributed by atoms with Gasteiger partial charge < -0.3 is 5.32 Å². The van der Waals surface area contributed by atoms with E-state index in [2.05, 4.69) is 54.4 Å². The van der Waals surface area contributed by atoms with E-state index in [1.807, 2.05) is 0 Å². The Morgan fingerprint density at radius 2 is 2.00 bits per heavy atom. The van der Waals surface area contributed by atoms with Crippen molar-refractivity contribution < 1.29 is 0 Å². The Morgan fingerprint density at radius 3 is 2.61 bits per heavy atom. The lowest BCUT2D eigenvalue weighted by Gasteiger charge is -2.46. The molecular weight excluding hydrogens is 220 g/mol. The van der Waals surface area contributed by atoms with Crippen molar-refractivity contribution in [2.24, 2.45) is 5.92 Å². The van der Waals surface area contributed by atoms with Crippen LogP contribution in [0.5, 0.6) is 0 Å². The molecule has 0 spiro atoms. The molecule has 2 heteroatoms. The zero-order valence-electron chi connectivity index (χ0n) is 11.5. The number of rotatable bonds is 3. The Bertz CT molecular complexity index is 399. The van der Waals surface area contributed by atoms with E-state index in [1.165, 1.54) is 24.9 Å². The third-order valence-electron chi connectivity index (χ3n) is 4.74. The summed E-state index contributed by atoms with van der Waals surface area (Å²) in [6.45, 7) is 8.12. The molecule has 1 N–H and O–H groups in total. The molecule has 1 aromatic rings. The summed E-state index contributed by atoms with van der Waals surface area (Å²) in [5, 5.41) is 3.83. The molecule has 1 heterocycles. The van der Waals surface area contributed by atoms with Crippen molar-refractivity contribution in [2.45, 2.75) is 38.3 Å². The van der Waals surface area contributed by atoms with Crippen LogP contribution in [0.3, 0.4) is 0 Å². The predicted octanol–water partition coefficient (Wildman–Crippen LogP) is 2.82. The second-order valence-corrected chi connectivity index (χ2v) is 6.06. The molecule has 2 nitrogen and oxygen atoms in total. The van der Waals surface area contributed by atoms with Gasteiger partial charge in [0.15, 0.2) is 0 Å². The summed E-state index contributed by atoms with van der Waals surface area (Å²) in [5.74, 6) is 0.906. The third-order valence-corrected chi connectivity index (χ3v) is 4.74. The van der Waals surface area contributed by atoms with E-state index >= 15 is 0 Å². The Hall–Kier alpha value is -0.860. The third kappa shape index (κ3) is 2.19. The maximum Gasteiger partial charge on any atom is 0.0473 e. The predicted molar refractivity (Wildman–Crippen MR) is 75.6 cm³/mol. The molecule has 98 valence electrons. The van der Waals surface area contributed by atoms with E-state index in [4.69, 9.17) is 0 Å². The SMILES string of the molecule is CCN1CC(C)(C2CC2)NCC1c1ccccc1. The lowest BCUT2D eigenvalue weighted by Crippen LogP contribution is -2.60. The van der Waals surface area contributed by atoms with Gasteiger partial charge in [-0.15, -0.1) is 0 Å². The quantitative estimate of drug-likeness (QED) is 0.879. The molecule has 1 saturated carbocycles. The van der Waals surface area contributed by atoms with Gasteiger partial charge in [-0.3, -0.25) is 4.90 Å². The van der Waals surface area contributed by atoms with Gasteiger partial charge in [0, 0.05) is 24.7 Å². The number of nitrogens with one attached hydrogen (secondary N) is 1. The largest absolute Gasteiger partial charge is 0.308 e. The van der Waals surface area contributed by atoms with Gasteiger partial charge in [0.2, 0.25) is 0 Å². The maximum atomic E-state index is 3.83. The van der Waals surface area contributed by atoms with Gasteiger partial charge in [0.05, 0.1) is 0 Å². The van der Waals surface area contributed by atoms with Gasteiger partial charge in [-0.1, -0.05) is 37.3 Å². The summed E-state index contributed by atoms with van der Waals surface area (Å²) in [6.07, 6.45) is 2.83. The first kappa shape index (κ1) is 12.2. The molecule has 0 bridgehead atoms.